The van der Waals surface area contributed by atoms with Crippen LogP contribution in [0.4, 0.5) is 5.82 Å². The van der Waals surface area contributed by atoms with Gasteiger partial charge in [0, 0.05) is 30.3 Å². The Hall–Kier alpha value is -0.610. The maximum atomic E-state index is 4.53. The summed E-state index contributed by atoms with van der Waals surface area (Å²) in [6.45, 7) is 9.70. The summed E-state index contributed by atoms with van der Waals surface area (Å²) < 4.78 is 1.07. The molecule has 3 nitrogen and oxygen atoms in total. The van der Waals surface area contributed by atoms with Crippen molar-refractivity contribution in [3.05, 3.63) is 22.3 Å². The van der Waals surface area contributed by atoms with Crippen molar-refractivity contribution in [2.75, 3.05) is 38.6 Å². The first-order valence-electron chi connectivity index (χ1n) is 6.42. The minimum atomic E-state index is 0.637. The van der Waals surface area contributed by atoms with Gasteiger partial charge in [-0.15, -0.1) is 0 Å². The van der Waals surface area contributed by atoms with Crippen LogP contribution in [-0.2, 0) is 0 Å². The molecule has 0 saturated carbocycles. The number of aryl methyl sites for hydroxylation is 1. The molecule has 1 aromatic rings. The molecule has 0 bridgehead atoms. The van der Waals surface area contributed by atoms with Crippen LogP contribution in [0.2, 0.25) is 0 Å². The van der Waals surface area contributed by atoms with E-state index in [1.54, 1.807) is 0 Å². The van der Waals surface area contributed by atoms with Gasteiger partial charge in [-0.1, -0.05) is 13.8 Å². The number of nitrogens with zero attached hydrogens (tertiary/aromatic N) is 3. The lowest BCUT2D eigenvalue weighted by Crippen LogP contribution is -2.35. The molecule has 1 rings (SSSR count). The summed E-state index contributed by atoms with van der Waals surface area (Å²) in [5, 5.41) is 0. The standard InChI is InChI=1S/C14H24BrN3/c1-11(2)10-18(7-6-17(4)5)14-8-12(3)13(15)9-16-14/h8-9,11H,6-7,10H2,1-5H3. The Kier molecular flexibility index (Phi) is 6.09. The Bertz CT molecular complexity index is 377. The van der Waals surface area contributed by atoms with Gasteiger partial charge in [-0.3, -0.25) is 0 Å². The van der Waals surface area contributed by atoms with Crippen molar-refractivity contribution in [1.82, 2.24) is 9.88 Å². The summed E-state index contributed by atoms with van der Waals surface area (Å²) in [5.41, 5.74) is 1.23. The third-order valence-corrected chi connectivity index (χ3v) is 3.59. The lowest BCUT2D eigenvalue weighted by molar-refractivity contribution is 0.408. The fraction of sp³-hybridized carbons (Fsp3) is 0.643. The summed E-state index contributed by atoms with van der Waals surface area (Å²) in [4.78, 5) is 9.10. The van der Waals surface area contributed by atoms with E-state index < -0.39 is 0 Å². The monoisotopic (exact) mass is 313 g/mol. The molecule has 0 saturated heterocycles. The van der Waals surface area contributed by atoms with Crippen LogP contribution in [-0.4, -0.2) is 43.6 Å². The fourth-order valence-electron chi connectivity index (χ4n) is 1.76. The van der Waals surface area contributed by atoms with Crippen LogP contribution < -0.4 is 4.90 Å². The maximum Gasteiger partial charge on any atom is 0.128 e. The third kappa shape index (κ3) is 4.94. The average Bonchev–Trinajstić information content (AvgIpc) is 2.27. The van der Waals surface area contributed by atoms with Gasteiger partial charge in [0.25, 0.3) is 0 Å². The van der Waals surface area contributed by atoms with Crippen LogP contribution >= 0.6 is 15.9 Å². The Morgan fingerprint density at radius 3 is 2.44 bits per heavy atom. The van der Waals surface area contributed by atoms with E-state index in [0.29, 0.717) is 5.92 Å². The molecule has 0 atom stereocenters. The molecule has 18 heavy (non-hydrogen) atoms. The second-order valence-electron chi connectivity index (χ2n) is 5.43. The van der Waals surface area contributed by atoms with E-state index in [-0.39, 0.29) is 0 Å². The summed E-state index contributed by atoms with van der Waals surface area (Å²) in [6.07, 6.45) is 1.90. The minimum Gasteiger partial charge on any atom is -0.355 e. The van der Waals surface area contributed by atoms with Crippen LogP contribution in [0.3, 0.4) is 0 Å². The van der Waals surface area contributed by atoms with Crippen LogP contribution in [0.15, 0.2) is 16.7 Å². The van der Waals surface area contributed by atoms with Gasteiger partial charge in [0.15, 0.2) is 0 Å². The Morgan fingerprint density at radius 2 is 1.94 bits per heavy atom. The Labute approximate surface area is 119 Å². The number of likely N-dealkylation sites (N-methyl/N-ethyl adjacent to an activating group) is 1. The molecule has 4 heteroatoms. The molecule has 1 heterocycles. The highest BCUT2D eigenvalue weighted by atomic mass is 79.9. The molecule has 0 N–H and O–H groups in total. The SMILES string of the molecule is Cc1cc(N(CCN(C)C)CC(C)C)ncc1Br. The number of anilines is 1. The summed E-state index contributed by atoms with van der Waals surface area (Å²) in [6, 6.07) is 2.15. The van der Waals surface area contributed by atoms with Crippen molar-refractivity contribution in [2.24, 2.45) is 5.92 Å². The zero-order valence-corrected chi connectivity index (χ0v) is 13.7. The zero-order chi connectivity index (χ0) is 13.7. The van der Waals surface area contributed by atoms with E-state index in [2.05, 4.69) is 71.6 Å². The molecule has 0 amide bonds. The minimum absolute atomic E-state index is 0.637. The van der Waals surface area contributed by atoms with E-state index in [1.807, 2.05) is 6.20 Å². The molecule has 0 aliphatic carbocycles. The highest BCUT2D eigenvalue weighted by Crippen LogP contribution is 2.20. The first-order chi connectivity index (χ1) is 8.40. The van der Waals surface area contributed by atoms with Gasteiger partial charge in [0.1, 0.15) is 5.82 Å². The molecular formula is C14H24BrN3. The Balaban J connectivity index is 2.83. The molecule has 0 aromatic carbocycles. The van der Waals surface area contributed by atoms with Gasteiger partial charge in [0.05, 0.1) is 0 Å². The topological polar surface area (TPSA) is 19.4 Å². The number of pyridine rings is 1. The lowest BCUT2D eigenvalue weighted by Gasteiger charge is -2.27. The van der Waals surface area contributed by atoms with E-state index in [0.717, 1.165) is 29.9 Å². The van der Waals surface area contributed by atoms with Crippen LogP contribution in [0, 0.1) is 12.8 Å². The van der Waals surface area contributed by atoms with Crippen molar-refractivity contribution >= 4 is 21.7 Å². The van der Waals surface area contributed by atoms with Crippen LogP contribution in [0.5, 0.6) is 0 Å². The number of hydrogen-bond acceptors (Lipinski definition) is 3. The first-order valence-corrected chi connectivity index (χ1v) is 7.21. The van der Waals surface area contributed by atoms with Gasteiger partial charge < -0.3 is 9.80 Å². The number of aromatic nitrogens is 1. The molecule has 0 aliphatic rings. The van der Waals surface area contributed by atoms with Gasteiger partial charge >= 0.3 is 0 Å². The summed E-state index contributed by atoms with van der Waals surface area (Å²) >= 11 is 3.50. The molecule has 0 radical (unpaired) electrons. The zero-order valence-electron chi connectivity index (χ0n) is 12.1. The smallest absolute Gasteiger partial charge is 0.128 e. The third-order valence-electron chi connectivity index (χ3n) is 2.76. The molecular weight excluding hydrogens is 290 g/mol. The highest BCUT2D eigenvalue weighted by molar-refractivity contribution is 9.10. The van der Waals surface area contributed by atoms with Crippen molar-refractivity contribution in [1.29, 1.82) is 0 Å². The molecule has 102 valence electrons. The predicted octanol–water partition coefficient (Wildman–Crippen LogP) is 3.18. The lowest BCUT2D eigenvalue weighted by atomic mass is 10.2. The normalized spacial score (nSPS) is 11.3. The van der Waals surface area contributed by atoms with Crippen LogP contribution in [0.25, 0.3) is 0 Å². The van der Waals surface area contributed by atoms with Crippen LogP contribution in [0.1, 0.15) is 19.4 Å². The highest BCUT2D eigenvalue weighted by Gasteiger charge is 2.11. The average molecular weight is 314 g/mol. The van der Waals surface area contributed by atoms with E-state index >= 15 is 0 Å². The van der Waals surface area contributed by atoms with E-state index in [9.17, 15) is 0 Å². The van der Waals surface area contributed by atoms with Gasteiger partial charge in [0.2, 0.25) is 0 Å². The quantitative estimate of drug-likeness (QED) is 0.804. The van der Waals surface area contributed by atoms with E-state index in [4.69, 9.17) is 0 Å². The summed E-state index contributed by atoms with van der Waals surface area (Å²) in [5.74, 6) is 1.71. The molecule has 1 aromatic heterocycles. The molecule has 0 fully saturated rings. The van der Waals surface area contributed by atoms with Gasteiger partial charge in [-0.05, 0) is 54.5 Å². The van der Waals surface area contributed by atoms with Crippen molar-refractivity contribution in [3.8, 4) is 0 Å². The van der Waals surface area contributed by atoms with Crippen molar-refractivity contribution in [2.45, 2.75) is 20.8 Å². The van der Waals surface area contributed by atoms with Gasteiger partial charge in [-0.2, -0.15) is 0 Å². The maximum absolute atomic E-state index is 4.53. The largest absolute Gasteiger partial charge is 0.355 e. The fourth-order valence-corrected chi connectivity index (χ4v) is 1.98. The molecule has 0 unspecified atom stereocenters. The Morgan fingerprint density at radius 1 is 1.28 bits per heavy atom. The summed E-state index contributed by atoms with van der Waals surface area (Å²) in [7, 11) is 4.21. The molecule has 0 aliphatic heterocycles. The van der Waals surface area contributed by atoms with Crippen molar-refractivity contribution < 1.29 is 0 Å². The first kappa shape index (κ1) is 15.4. The number of hydrogen-bond donors (Lipinski definition) is 0. The van der Waals surface area contributed by atoms with E-state index in [1.165, 1.54) is 5.56 Å². The predicted molar refractivity (Wildman–Crippen MR) is 82.3 cm³/mol. The van der Waals surface area contributed by atoms with Gasteiger partial charge in [-0.25, -0.2) is 4.98 Å². The number of rotatable bonds is 6. The second-order valence-corrected chi connectivity index (χ2v) is 6.29. The van der Waals surface area contributed by atoms with Crippen molar-refractivity contribution in [3.63, 3.8) is 0 Å². The number of halogens is 1. The second kappa shape index (κ2) is 7.10. The molecule has 0 spiro atoms.